The summed E-state index contributed by atoms with van der Waals surface area (Å²) in [6.07, 6.45) is 3.58. The number of aliphatic hydroxyl groups is 1. The molecule has 156 valence electrons. The molecular weight excluding hydrogens is 382 g/mol. The fourth-order valence-corrected chi connectivity index (χ4v) is 2.57. The second kappa shape index (κ2) is 10.4. The van der Waals surface area contributed by atoms with Crippen molar-refractivity contribution >= 4 is 17.9 Å². The topological polar surface area (TPSA) is 125 Å². The fraction of sp³-hybridized carbons (Fsp3) is 0.217. The van der Waals surface area contributed by atoms with Crippen LogP contribution < -0.4 is 16.5 Å². The first-order valence-electron chi connectivity index (χ1n) is 9.26. The van der Waals surface area contributed by atoms with Gasteiger partial charge in [-0.15, -0.1) is 0 Å². The molecule has 6 N–H and O–H groups in total. The van der Waals surface area contributed by atoms with Crippen molar-refractivity contribution in [3.63, 3.8) is 0 Å². The predicted octanol–water partition coefficient (Wildman–Crippen LogP) is 1.58. The van der Waals surface area contributed by atoms with Crippen LogP contribution in [0.25, 0.3) is 6.08 Å². The van der Waals surface area contributed by atoms with Crippen molar-refractivity contribution in [3.05, 3.63) is 76.9 Å². The van der Waals surface area contributed by atoms with E-state index in [0.29, 0.717) is 5.56 Å². The Kier molecular flexibility index (Phi) is 7.90. The van der Waals surface area contributed by atoms with Gasteiger partial charge >= 0.3 is 0 Å². The van der Waals surface area contributed by atoms with Gasteiger partial charge in [-0.25, -0.2) is 5.48 Å². The van der Waals surface area contributed by atoms with Crippen LogP contribution in [-0.4, -0.2) is 33.7 Å². The third-order valence-electron chi connectivity index (χ3n) is 4.28. The first kappa shape index (κ1) is 22.8. The van der Waals surface area contributed by atoms with Crippen molar-refractivity contribution < 1.29 is 19.9 Å². The zero-order valence-corrected chi connectivity index (χ0v) is 16.8. The molecule has 2 aromatic rings. The van der Waals surface area contributed by atoms with E-state index in [1.54, 1.807) is 44.2 Å². The Labute approximate surface area is 175 Å². The van der Waals surface area contributed by atoms with Gasteiger partial charge < -0.3 is 16.2 Å². The molecule has 0 radical (unpaired) electrons. The molecule has 0 saturated carbocycles. The van der Waals surface area contributed by atoms with Gasteiger partial charge in [0.1, 0.15) is 6.04 Å². The molecular formula is C23H25N3O4. The number of hydroxylamine groups is 1. The van der Waals surface area contributed by atoms with Crippen LogP contribution in [0.5, 0.6) is 0 Å². The van der Waals surface area contributed by atoms with E-state index in [0.717, 1.165) is 16.7 Å². The van der Waals surface area contributed by atoms with Gasteiger partial charge in [-0.05, 0) is 61.4 Å². The van der Waals surface area contributed by atoms with Gasteiger partial charge in [-0.2, -0.15) is 0 Å². The van der Waals surface area contributed by atoms with Crippen LogP contribution in [0.4, 0.5) is 0 Å². The van der Waals surface area contributed by atoms with Crippen LogP contribution in [-0.2, 0) is 11.4 Å². The molecule has 2 amide bonds. The summed E-state index contributed by atoms with van der Waals surface area (Å²) in [5, 5.41) is 20.4. The van der Waals surface area contributed by atoms with E-state index in [4.69, 9.17) is 16.0 Å². The van der Waals surface area contributed by atoms with Crippen molar-refractivity contribution in [2.45, 2.75) is 32.0 Å². The molecule has 2 aromatic carbocycles. The molecule has 0 fully saturated rings. The van der Waals surface area contributed by atoms with Gasteiger partial charge in [-0.1, -0.05) is 36.1 Å². The number of benzene rings is 2. The lowest BCUT2D eigenvalue weighted by molar-refractivity contribution is -0.132. The van der Waals surface area contributed by atoms with Crippen LogP contribution in [0.2, 0.25) is 0 Å². The smallest absolute Gasteiger partial charge is 0.267 e. The van der Waals surface area contributed by atoms with Gasteiger partial charge in [0.25, 0.3) is 11.8 Å². The molecule has 0 aliphatic heterocycles. The molecule has 1 atom stereocenters. The van der Waals surface area contributed by atoms with Gasteiger partial charge in [0.15, 0.2) is 0 Å². The standard InChI is InChI=1S/C23H25N3O4/c1-23(2,24)20(22(29)26-30)25-21(28)19-13-11-17(12-14-19)6-4-3-5-16-7-9-18(15-27)10-8-16/h3,5,7-14,20,27,30H,15,24H2,1-2H3,(H,25,28)(H,26,29)/b5-3+. The Morgan fingerprint density at radius 1 is 1.13 bits per heavy atom. The molecule has 0 aromatic heterocycles. The fourth-order valence-electron chi connectivity index (χ4n) is 2.57. The number of hydrogen-bond acceptors (Lipinski definition) is 5. The molecule has 30 heavy (non-hydrogen) atoms. The number of allylic oxidation sites excluding steroid dienone is 1. The van der Waals surface area contributed by atoms with E-state index in [1.165, 1.54) is 5.48 Å². The molecule has 0 aliphatic carbocycles. The minimum absolute atomic E-state index is 0.0110. The number of nitrogens with two attached hydrogens (primary N) is 1. The SMILES string of the molecule is CC(C)(N)C(NC(=O)c1ccc(C#C/C=C/c2ccc(CO)cc2)cc1)C(=O)NO. The second-order valence-electron chi connectivity index (χ2n) is 7.28. The van der Waals surface area contributed by atoms with E-state index in [2.05, 4.69) is 17.2 Å². The molecule has 2 rings (SSSR count). The Hall–Kier alpha value is -3.44. The lowest BCUT2D eigenvalue weighted by Crippen LogP contribution is -2.61. The van der Waals surface area contributed by atoms with Gasteiger partial charge in [0.05, 0.1) is 6.61 Å². The number of carbonyl (C=O) groups excluding carboxylic acids is 2. The van der Waals surface area contributed by atoms with Gasteiger partial charge in [0.2, 0.25) is 0 Å². The maximum Gasteiger partial charge on any atom is 0.267 e. The maximum absolute atomic E-state index is 12.4. The summed E-state index contributed by atoms with van der Waals surface area (Å²) >= 11 is 0. The number of amides is 2. The first-order valence-corrected chi connectivity index (χ1v) is 9.26. The van der Waals surface area contributed by atoms with Crippen molar-refractivity contribution in [1.82, 2.24) is 10.8 Å². The van der Waals surface area contributed by atoms with Crippen molar-refractivity contribution in [2.24, 2.45) is 5.73 Å². The average molecular weight is 407 g/mol. The maximum atomic E-state index is 12.4. The third kappa shape index (κ3) is 6.57. The van der Waals surface area contributed by atoms with E-state index in [9.17, 15) is 9.59 Å². The molecule has 1 unspecified atom stereocenters. The normalized spacial score (nSPS) is 12.0. The monoisotopic (exact) mass is 407 g/mol. The number of aliphatic hydroxyl groups excluding tert-OH is 1. The van der Waals surface area contributed by atoms with Crippen molar-refractivity contribution in [2.75, 3.05) is 0 Å². The Balaban J connectivity index is 2.02. The zero-order chi connectivity index (χ0) is 22.1. The molecule has 0 bridgehead atoms. The highest BCUT2D eigenvalue weighted by Gasteiger charge is 2.33. The lowest BCUT2D eigenvalue weighted by Gasteiger charge is -2.29. The van der Waals surface area contributed by atoms with Gasteiger partial charge in [0, 0.05) is 16.7 Å². The third-order valence-corrected chi connectivity index (χ3v) is 4.28. The van der Waals surface area contributed by atoms with Crippen LogP contribution in [0.1, 0.15) is 40.9 Å². The molecule has 7 nitrogen and oxygen atoms in total. The zero-order valence-electron chi connectivity index (χ0n) is 16.8. The highest BCUT2D eigenvalue weighted by atomic mass is 16.5. The summed E-state index contributed by atoms with van der Waals surface area (Å²) in [6.45, 7) is 3.15. The Morgan fingerprint density at radius 3 is 2.30 bits per heavy atom. The molecule has 0 aliphatic rings. The minimum atomic E-state index is -1.11. The highest BCUT2D eigenvalue weighted by molar-refractivity contribution is 5.97. The van der Waals surface area contributed by atoms with E-state index in [-0.39, 0.29) is 6.61 Å². The summed E-state index contributed by atoms with van der Waals surface area (Å²) in [7, 11) is 0. The number of rotatable bonds is 6. The summed E-state index contributed by atoms with van der Waals surface area (Å²) in [5.74, 6) is 4.61. The molecule has 0 saturated heterocycles. The Bertz CT molecular complexity index is 963. The molecule has 7 heteroatoms. The van der Waals surface area contributed by atoms with Crippen molar-refractivity contribution in [1.29, 1.82) is 0 Å². The largest absolute Gasteiger partial charge is 0.392 e. The molecule has 0 heterocycles. The van der Waals surface area contributed by atoms with E-state index >= 15 is 0 Å². The van der Waals surface area contributed by atoms with Gasteiger partial charge in [-0.3, -0.25) is 14.8 Å². The average Bonchev–Trinajstić information content (AvgIpc) is 2.74. The first-order chi connectivity index (χ1) is 14.2. The van der Waals surface area contributed by atoms with E-state index in [1.807, 2.05) is 30.3 Å². The van der Waals surface area contributed by atoms with Crippen LogP contribution in [0.15, 0.2) is 54.6 Å². The highest BCUT2D eigenvalue weighted by Crippen LogP contribution is 2.09. The number of hydrogen-bond donors (Lipinski definition) is 5. The number of carbonyl (C=O) groups is 2. The quantitative estimate of drug-likeness (QED) is 0.283. The van der Waals surface area contributed by atoms with E-state index < -0.39 is 23.4 Å². The minimum Gasteiger partial charge on any atom is -0.392 e. The summed E-state index contributed by atoms with van der Waals surface area (Å²) < 4.78 is 0. The van der Waals surface area contributed by atoms with Crippen molar-refractivity contribution in [3.8, 4) is 11.8 Å². The van der Waals surface area contributed by atoms with Crippen LogP contribution >= 0.6 is 0 Å². The van der Waals surface area contributed by atoms with Crippen LogP contribution in [0, 0.1) is 11.8 Å². The Morgan fingerprint density at radius 2 is 1.77 bits per heavy atom. The predicted molar refractivity (Wildman–Crippen MR) is 114 cm³/mol. The summed E-state index contributed by atoms with van der Waals surface area (Å²) in [4.78, 5) is 24.2. The lowest BCUT2D eigenvalue weighted by atomic mass is 9.95. The molecule has 0 spiro atoms. The summed E-state index contributed by atoms with van der Waals surface area (Å²) in [6, 6.07) is 12.9. The van der Waals surface area contributed by atoms with Crippen LogP contribution in [0.3, 0.4) is 0 Å². The number of nitrogens with one attached hydrogen (secondary N) is 2. The second-order valence-corrected chi connectivity index (χ2v) is 7.28. The summed E-state index contributed by atoms with van der Waals surface area (Å²) in [5.41, 5.74) is 9.22.